The summed E-state index contributed by atoms with van der Waals surface area (Å²) in [5.41, 5.74) is 1.01. The summed E-state index contributed by atoms with van der Waals surface area (Å²) in [6, 6.07) is 9.25. The Kier molecular flexibility index (Phi) is 6.48. The SMILES string of the molecule is O=C(O)CC(CC1CCCCC1)C(=O)N1C(=O)OC[C@H]1Cc1ccccc1. The van der Waals surface area contributed by atoms with Crippen LogP contribution in [0.5, 0.6) is 0 Å². The van der Waals surface area contributed by atoms with Crippen molar-refractivity contribution in [1.29, 1.82) is 0 Å². The van der Waals surface area contributed by atoms with E-state index in [0.717, 1.165) is 31.2 Å². The van der Waals surface area contributed by atoms with Crippen molar-refractivity contribution in [2.45, 2.75) is 57.4 Å². The lowest BCUT2D eigenvalue weighted by Crippen LogP contribution is -2.44. The van der Waals surface area contributed by atoms with Gasteiger partial charge >= 0.3 is 12.1 Å². The molecule has 2 fully saturated rings. The molecule has 0 radical (unpaired) electrons. The number of carboxylic acids is 1. The molecule has 1 unspecified atom stereocenters. The Morgan fingerprint density at radius 3 is 2.52 bits per heavy atom. The zero-order valence-electron chi connectivity index (χ0n) is 15.5. The Morgan fingerprint density at radius 1 is 1.15 bits per heavy atom. The highest BCUT2D eigenvalue weighted by molar-refractivity contribution is 5.96. The van der Waals surface area contributed by atoms with Crippen molar-refractivity contribution < 1.29 is 24.2 Å². The van der Waals surface area contributed by atoms with Crippen LogP contribution in [0.1, 0.15) is 50.5 Å². The molecule has 1 aliphatic heterocycles. The first-order valence-electron chi connectivity index (χ1n) is 9.80. The number of carbonyl (C=O) groups is 3. The Morgan fingerprint density at radius 2 is 1.85 bits per heavy atom. The summed E-state index contributed by atoms with van der Waals surface area (Å²) in [5.74, 6) is -1.71. The Labute approximate surface area is 159 Å². The molecule has 1 aromatic rings. The number of benzene rings is 1. The number of hydrogen-bond acceptors (Lipinski definition) is 4. The van der Waals surface area contributed by atoms with Gasteiger partial charge in [-0.05, 0) is 24.3 Å². The van der Waals surface area contributed by atoms with Gasteiger partial charge in [0.25, 0.3) is 0 Å². The summed E-state index contributed by atoms with van der Waals surface area (Å²) in [4.78, 5) is 37.9. The molecule has 1 aromatic carbocycles. The molecule has 0 bridgehead atoms. The van der Waals surface area contributed by atoms with Crippen molar-refractivity contribution >= 4 is 18.0 Å². The van der Waals surface area contributed by atoms with Gasteiger partial charge < -0.3 is 9.84 Å². The first-order chi connectivity index (χ1) is 13.0. The number of cyclic esters (lactones) is 1. The number of hydrogen-bond donors (Lipinski definition) is 1. The average Bonchev–Trinajstić information content (AvgIpc) is 3.02. The van der Waals surface area contributed by atoms with E-state index in [9.17, 15) is 19.5 Å². The number of carbonyl (C=O) groups excluding carboxylic acids is 2. The molecule has 6 nitrogen and oxygen atoms in total. The van der Waals surface area contributed by atoms with E-state index in [1.54, 1.807) is 0 Å². The highest BCUT2D eigenvalue weighted by Crippen LogP contribution is 2.32. The maximum Gasteiger partial charge on any atom is 0.416 e. The molecule has 1 saturated heterocycles. The molecular weight excluding hydrogens is 346 g/mol. The highest BCUT2D eigenvalue weighted by atomic mass is 16.6. The fourth-order valence-electron chi connectivity index (χ4n) is 4.27. The van der Waals surface area contributed by atoms with Crippen LogP contribution in [0.25, 0.3) is 0 Å². The quantitative estimate of drug-likeness (QED) is 0.789. The second kappa shape index (κ2) is 9.02. The minimum absolute atomic E-state index is 0.155. The van der Waals surface area contributed by atoms with E-state index in [-0.39, 0.29) is 19.1 Å². The third kappa shape index (κ3) is 5.08. The van der Waals surface area contributed by atoms with Gasteiger partial charge in [0.05, 0.1) is 12.5 Å². The van der Waals surface area contributed by atoms with Crippen LogP contribution in [-0.4, -0.2) is 40.6 Å². The number of nitrogens with zero attached hydrogens (tertiary/aromatic N) is 1. The molecule has 1 aliphatic carbocycles. The maximum atomic E-state index is 13.1. The van der Waals surface area contributed by atoms with Gasteiger partial charge in [-0.3, -0.25) is 9.59 Å². The second-order valence-corrected chi connectivity index (χ2v) is 7.66. The predicted molar refractivity (Wildman–Crippen MR) is 99.1 cm³/mol. The average molecular weight is 373 g/mol. The van der Waals surface area contributed by atoms with Crippen molar-refractivity contribution in [2.75, 3.05) is 6.61 Å². The van der Waals surface area contributed by atoms with Crippen LogP contribution >= 0.6 is 0 Å². The number of rotatable bonds is 7. The molecule has 3 rings (SSSR count). The molecular formula is C21H27NO5. The first kappa shape index (κ1) is 19.4. The van der Waals surface area contributed by atoms with Gasteiger partial charge in [0.15, 0.2) is 0 Å². The van der Waals surface area contributed by atoms with Gasteiger partial charge in [-0.25, -0.2) is 9.69 Å². The molecule has 1 heterocycles. The van der Waals surface area contributed by atoms with E-state index in [1.165, 1.54) is 11.3 Å². The molecule has 1 N–H and O–H groups in total. The maximum absolute atomic E-state index is 13.1. The number of amides is 2. The van der Waals surface area contributed by atoms with Crippen LogP contribution in [0.4, 0.5) is 4.79 Å². The lowest BCUT2D eigenvalue weighted by atomic mass is 9.81. The van der Waals surface area contributed by atoms with Crippen LogP contribution in [0, 0.1) is 11.8 Å². The van der Waals surface area contributed by atoms with E-state index in [4.69, 9.17) is 4.74 Å². The van der Waals surface area contributed by atoms with Crippen molar-refractivity contribution in [3.8, 4) is 0 Å². The fourth-order valence-corrected chi connectivity index (χ4v) is 4.27. The summed E-state index contributed by atoms with van der Waals surface area (Å²) in [6.45, 7) is 0.155. The Balaban J connectivity index is 1.72. The first-order valence-corrected chi connectivity index (χ1v) is 9.80. The standard InChI is InChI=1S/C21H27NO5/c23-19(24)13-17(11-15-7-3-1-4-8-15)20(25)22-18(14-27-21(22)26)12-16-9-5-2-6-10-16/h2,5-6,9-10,15,17-18H,1,3-4,7-8,11-14H2,(H,23,24)/t17?,18-/m1/s1. The van der Waals surface area contributed by atoms with E-state index in [2.05, 4.69) is 0 Å². The molecule has 2 atom stereocenters. The molecule has 6 heteroatoms. The molecule has 2 amide bonds. The number of ether oxygens (including phenoxy) is 1. The summed E-state index contributed by atoms with van der Waals surface area (Å²) in [7, 11) is 0. The fraction of sp³-hybridized carbons (Fsp3) is 0.571. The lowest BCUT2D eigenvalue weighted by molar-refractivity contribution is -0.144. The molecule has 0 aromatic heterocycles. The largest absolute Gasteiger partial charge is 0.481 e. The van der Waals surface area contributed by atoms with E-state index in [1.807, 2.05) is 30.3 Å². The lowest BCUT2D eigenvalue weighted by Gasteiger charge is -2.28. The van der Waals surface area contributed by atoms with Crippen LogP contribution < -0.4 is 0 Å². The normalized spacial score (nSPS) is 21.7. The third-order valence-corrected chi connectivity index (χ3v) is 5.63. The molecule has 0 spiro atoms. The van der Waals surface area contributed by atoms with Gasteiger partial charge in [0, 0.05) is 5.92 Å². The van der Waals surface area contributed by atoms with Crippen LogP contribution in [0.3, 0.4) is 0 Å². The minimum atomic E-state index is -1.00. The predicted octanol–water partition coefficient (Wildman–Crippen LogP) is 3.64. The summed E-state index contributed by atoms with van der Waals surface area (Å²) >= 11 is 0. The topological polar surface area (TPSA) is 83.9 Å². The van der Waals surface area contributed by atoms with Crippen molar-refractivity contribution in [1.82, 2.24) is 4.90 Å². The van der Waals surface area contributed by atoms with Crippen molar-refractivity contribution in [3.63, 3.8) is 0 Å². The van der Waals surface area contributed by atoms with Crippen molar-refractivity contribution in [3.05, 3.63) is 35.9 Å². The molecule has 1 saturated carbocycles. The van der Waals surface area contributed by atoms with E-state index in [0.29, 0.717) is 18.8 Å². The third-order valence-electron chi connectivity index (χ3n) is 5.63. The number of aliphatic carboxylic acids is 1. The summed E-state index contributed by atoms with van der Waals surface area (Å²) < 4.78 is 5.14. The Bertz CT molecular complexity index is 668. The summed E-state index contributed by atoms with van der Waals surface area (Å²) in [5, 5.41) is 9.29. The van der Waals surface area contributed by atoms with Gasteiger partial charge in [0.1, 0.15) is 6.61 Å². The van der Waals surface area contributed by atoms with Crippen LogP contribution in [0.15, 0.2) is 30.3 Å². The molecule has 146 valence electrons. The second-order valence-electron chi connectivity index (χ2n) is 7.66. The molecule has 27 heavy (non-hydrogen) atoms. The van der Waals surface area contributed by atoms with Gasteiger partial charge in [-0.15, -0.1) is 0 Å². The summed E-state index contributed by atoms with van der Waals surface area (Å²) in [6.07, 6.45) is 5.67. The zero-order chi connectivity index (χ0) is 19.2. The highest BCUT2D eigenvalue weighted by Gasteiger charge is 2.41. The van der Waals surface area contributed by atoms with Gasteiger partial charge in [0.2, 0.25) is 5.91 Å². The van der Waals surface area contributed by atoms with Crippen LogP contribution in [-0.2, 0) is 20.7 Å². The van der Waals surface area contributed by atoms with Gasteiger partial charge in [-0.1, -0.05) is 62.4 Å². The molecule has 2 aliphatic rings. The minimum Gasteiger partial charge on any atom is -0.481 e. The number of carboxylic acid groups (broad SMARTS) is 1. The smallest absolute Gasteiger partial charge is 0.416 e. The van der Waals surface area contributed by atoms with Gasteiger partial charge in [-0.2, -0.15) is 0 Å². The monoisotopic (exact) mass is 373 g/mol. The van der Waals surface area contributed by atoms with E-state index >= 15 is 0 Å². The van der Waals surface area contributed by atoms with Crippen LogP contribution in [0.2, 0.25) is 0 Å². The Hall–Kier alpha value is -2.37. The number of imide groups is 1. The zero-order valence-corrected chi connectivity index (χ0v) is 15.5. The van der Waals surface area contributed by atoms with E-state index < -0.39 is 23.9 Å². The van der Waals surface area contributed by atoms with Crippen molar-refractivity contribution in [2.24, 2.45) is 11.8 Å².